The molecule has 1 aliphatic heterocycles. The van der Waals surface area contributed by atoms with Gasteiger partial charge in [-0.15, -0.1) is 0 Å². The first-order valence-electron chi connectivity index (χ1n) is 8.99. The summed E-state index contributed by atoms with van der Waals surface area (Å²) in [5, 5.41) is 9.43. The fourth-order valence-electron chi connectivity index (χ4n) is 3.52. The largest absolute Gasteiger partial charge is 0.396 e. The molecular weight excluding hydrogens is 336 g/mol. The number of hydrogen-bond acceptors (Lipinski definition) is 4. The van der Waals surface area contributed by atoms with E-state index in [2.05, 4.69) is 14.8 Å². The maximum atomic E-state index is 13.5. The van der Waals surface area contributed by atoms with Crippen molar-refractivity contribution >= 4 is 0 Å². The van der Waals surface area contributed by atoms with Gasteiger partial charge in [-0.2, -0.15) is 0 Å². The number of pyridine rings is 1. The molecular formula is C20H25F2N3O. The van der Waals surface area contributed by atoms with Crippen LogP contribution in [0.3, 0.4) is 0 Å². The van der Waals surface area contributed by atoms with Gasteiger partial charge in [0.2, 0.25) is 0 Å². The van der Waals surface area contributed by atoms with Crippen molar-refractivity contribution in [1.29, 1.82) is 0 Å². The van der Waals surface area contributed by atoms with Crippen LogP contribution in [0.4, 0.5) is 8.78 Å². The number of piperazine rings is 1. The summed E-state index contributed by atoms with van der Waals surface area (Å²) < 4.78 is 26.6. The van der Waals surface area contributed by atoms with Crippen LogP contribution in [-0.2, 0) is 13.1 Å². The molecule has 0 amide bonds. The Labute approximate surface area is 153 Å². The first kappa shape index (κ1) is 18.9. The lowest BCUT2D eigenvalue weighted by atomic mass is 10.1. The van der Waals surface area contributed by atoms with E-state index >= 15 is 0 Å². The number of nitrogens with zero attached hydrogens (tertiary/aromatic N) is 3. The maximum absolute atomic E-state index is 13.5. The van der Waals surface area contributed by atoms with Gasteiger partial charge in [0.15, 0.2) is 11.6 Å². The van der Waals surface area contributed by atoms with Gasteiger partial charge >= 0.3 is 0 Å². The van der Waals surface area contributed by atoms with Crippen LogP contribution in [0, 0.1) is 18.6 Å². The van der Waals surface area contributed by atoms with Gasteiger partial charge in [0.05, 0.1) is 5.69 Å². The molecule has 4 nitrogen and oxygen atoms in total. The van der Waals surface area contributed by atoms with Crippen molar-refractivity contribution in [2.45, 2.75) is 32.5 Å². The minimum atomic E-state index is -0.823. The van der Waals surface area contributed by atoms with Crippen LogP contribution in [0.1, 0.15) is 23.4 Å². The molecule has 2 heterocycles. The van der Waals surface area contributed by atoms with Gasteiger partial charge in [-0.25, -0.2) is 8.78 Å². The number of aromatic nitrogens is 1. The molecule has 0 spiro atoms. The Kier molecular flexibility index (Phi) is 6.29. The Morgan fingerprint density at radius 1 is 1.12 bits per heavy atom. The van der Waals surface area contributed by atoms with Crippen LogP contribution in [0.5, 0.6) is 0 Å². The van der Waals surface area contributed by atoms with E-state index in [9.17, 15) is 13.9 Å². The molecule has 0 bridgehead atoms. The quantitative estimate of drug-likeness (QED) is 0.859. The highest BCUT2D eigenvalue weighted by Gasteiger charge is 2.27. The van der Waals surface area contributed by atoms with E-state index in [4.69, 9.17) is 0 Å². The van der Waals surface area contributed by atoms with E-state index in [-0.39, 0.29) is 12.6 Å². The third kappa shape index (κ3) is 4.84. The second-order valence-corrected chi connectivity index (χ2v) is 6.89. The Hall–Kier alpha value is -1.89. The number of aryl methyl sites for hydroxylation is 1. The zero-order chi connectivity index (χ0) is 18.5. The summed E-state index contributed by atoms with van der Waals surface area (Å²) in [6.07, 6.45) is 0.654. The van der Waals surface area contributed by atoms with Crippen molar-refractivity contribution in [3.8, 4) is 0 Å². The van der Waals surface area contributed by atoms with Crippen LogP contribution >= 0.6 is 0 Å². The fraction of sp³-hybridized carbons (Fsp3) is 0.450. The summed E-state index contributed by atoms with van der Waals surface area (Å²) in [5.74, 6) is -1.64. The van der Waals surface area contributed by atoms with Crippen molar-refractivity contribution in [1.82, 2.24) is 14.8 Å². The first-order valence-corrected chi connectivity index (χ1v) is 8.99. The summed E-state index contributed by atoms with van der Waals surface area (Å²) in [6.45, 7) is 5.94. The third-order valence-corrected chi connectivity index (χ3v) is 4.85. The van der Waals surface area contributed by atoms with Crippen molar-refractivity contribution in [2.24, 2.45) is 0 Å². The molecule has 1 unspecified atom stereocenters. The van der Waals surface area contributed by atoms with Gasteiger partial charge in [-0.1, -0.05) is 12.1 Å². The maximum Gasteiger partial charge on any atom is 0.159 e. The van der Waals surface area contributed by atoms with E-state index in [0.29, 0.717) is 13.0 Å². The molecule has 3 rings (SSSR count). The van der Waals surface area contributed by atoms with Crippen molar-refractivity contribution in [2.75, 3.05) is 26.2 Å². The average molecular weight is 361 g/mol. The summed E-state index contributed by atoms with van der Waals surface area (Å²) in [5.41, 5.74) is 2.80. The molecule has 1 aliphatic rings. The molecule has 1 atom stereocenters. The fourth-order valence-corrected chi connectivity index (χ4v) is 3.52. The lowest BCUT2D eigenvalue weighted by Crippen LogP contribution is -2.52. The number of hydrogen-bond donors (Lipinski definition) is 1. The zero-order valence-electron chi connectivity index (χ0n) is 15.0. The topological polar surface area (TPSA) is 39.6 Å². The second-order valence-electron chi connectivity index (χ2n) is 6.89. The molecule has 1 fully saturated rings. The molecule has 0 radical (unpaired) electrons. The number of benzene rings is 1. The molecule has 26 heavy (non-hydrogen) atoms. The number of aliphatic hydroxyl groups is 1. The van der Waals surface area contributed by atoms with Crippen molar-refractivity contribution < 1.29 is 13.9 Å². The summed E-state index contributed by atoms with van der Waals surface area (Å²) in [4.78, 5) is 9.14. The smallest absolute Gasteiger partial charge is 0.159 e. The Bertz CT molecular complexity index is 741. The number of halogens is 2. The summed E-state index contributed by atoms with van der Waals surface area (Å²) in [6, 6.07) is 10.3. The Morgan fingerprint density at radius 3 is 2.69 bits per heavy atom. The van der Waals surface area contributed by atoms with Crippen LogP contribution in [0.2, 0.25) is 0 Å². The Balaban J connectivity index is 1.64. The summed E-state index contributed by atoms with van der Waals surface area (Å²) >= 11 is 0. The molecule has 6 heteroatoms. The SMILES string of the molecule is Cc1cccc(CN2CCN(Cc3ccc(F)c(F)c3)C(CCO)C2)n1. The normalized spacial score (nSPS) is 19.0. The highest BCUT2D eigenvalue weighted by atomic mass is 19.2. The van der Waals surface area contributed by atoms with Crippen LogP contribution in [0.15, 0.2) is 36.4 Å². The Morgan fingerprint density at radius 2 is 1.96 bits per heavy atom. The van der Waals surface area contributed by atoms with Gasteiger partial charge in [-0.05, 0) is 43.2 Å². The standard InChI is InChI=1S/C20H25F2N3O/c1-15-3-2-4-17(23-15)13-24-8-9-25(18(14-24)7-10-26)12-16-5-6-19(21)20(22)11-16/h2-6,11,18,26H,7-10,12-14H2,1H3. The van der Waals surface area contributed by atoms with Crippen molar-refractivity contribution in [3.05, 3.63) is 65.0 Å². The molecule has 1 saturated heterocycles. The lowest BCUT2D eigenvalue weighted by molar-refractivity contribution is 0.0493. The molecule has 1 aromatic heterocycles. The van der Waals surface area contributed by atoms with Gasteiger partial charge in [0.25, 0.3) is 0 Å². The third-order valence-electron chi connectivity index (χ3n) is 4.85. The van der Waals surface area contributed by atoms with E-state index < -0.39 is 11.6 Å². The van der Waals surface area contributed by atoms with Gasteiger partial charge in [0.1, 0.15) is 0 Å². The second kappa shape index (κ2) is 8.66. The summed E-state index contributed by atoms with van der Waals surface area (Å²) in [7, 11) is 0. The predicted octanol–water partition coefficient (Wildman–Crippen LogP) is 2.74. The first-order chi connectivity index (χ1) is 12.5. The van der Waals surface area contributed by atoms with E-state index in [0.717, 1.165) is 43.1 Å². The number of aliphatic hydroxyl groups excluding tert-OH is 1. The molecule has 0 saturated carbocycles. The van der Waals surface area contributed by atoms with Gasteiger partial charge in [-0.3, -0.25) is 14.8 Å². The number of rotatable bonds is 6. The lowest BCUT2D eigenvalue weighted by Gasteiger charge is -2.41. The predicted molar refractivity (Wildman–Crippen MR) is 96.5 cm³/mol. The molecule has 1 aromatic carbocycles. The van der Waals surface area contributed by atoms with E-state index in [1.807, 2.05) is 25.1 Å². The highest BCUT2D eigenvalue weighted by molar-refractivity contribution is 5.18. The average Bonchev–Trinajstić information content (AvgIpc) is 2.61. The van der Waals surface area contributed by atoms with Gasteiger partial charge in [0, 0.05) is 51.1 Å². The van der Waals surface area contributed by atoms with Crippen molar-refractivity contribution in [3.63, 3.8) is 0 Å². The van der Waals surface area contributed by atoms with Crippen LogP contribution in [-0.4, -0.2) is 52.2 Å². The molecule has 140 valence electrons. The van der Waals surface area contributed by atoms with Gasteiger partial charge < -0.3 is 5.11 Å². The zero-order valence-corrected chi connectivity index (χ0v) is 15.0. The minimum absolute atomic E-state index is 0.107. The van der Waals surface area contributed by atoms with Crippen LogP contribution < -0.4 is 0 Å². The highest BCUT2D eigenvalue weighted by Crippen LogP contribution is 2.19. The van der Waals surface area contributed by atoms with Crippen LogP contribution in [0.25, 0.3) is 0 Å². The molecule has 2 aromatic rings. The monoisotopic (exact) mass is 361 g/mol. The minimum Gasteiger partial charge on any atom is -0.396 e. The molecule has 1 N–H and O–H groups in total. The van der Waals surface area contributed by atoms with E-state index in [1.54, 1.807) is 6.07 Å². The molecule has 0 aliphatic carbocycles. The van der Waals surface area contributed by atoms with E-state index in [1.165, 1.54) is 12.1 Å².